The van der Waals surface area contributed by atoms with Crippen LogP contribution < -0.4 is 5.32 Å². The van der Waals surface area contributed by atoms with Crippen molar-refractivity contribution < 1.29 is 4.74 Å². The summed E-state index contributed by atoms with van der Waals surface area (Å²) in [5.41, 5.74) is 7.99. The third-order valence-electron chi connectivity index (χ3n) is 7.10. The maximum absolute atomic E-state index is 5.49. The summed E-state index contributed by atoms with van der Waals surface area (Å²) in [6.07, 6.45) is 12.5. The number of aliphatic imine (C=N–C) groups is 1. The number of ether oxygens (including phenoxy) is 1. The van der Waals surface area contributed by atoms with Crippen molar-refractivity contribution in [2.75, 3.05) is 25.1 Å². The topological polar surface area (TPSA) is 33.6 Å². The van der Waals surface area contributed by atoms with Crippen LogP contribution in [-0.4, -0.2) is 26.0 Å². The van der Waals surface area contributed by atoms with Crippen LogP contribution >= 0.6 is 0 Å². The Balaban J connectivity index is 1.50. The molecule has 2 aliphatic heterocycles. The highest BCUT2D eigenvalue weighted by atomic mass is 16.5. The number of nitrogens with one attached hydrogen (secondary N) is 1. The van der Waals surface area contributed by atoms with Crippen molar-refractivity contribution in [1.29, 1.82) is 0 Å². The van der Waals surface area contributed by atoms with E-state index in [2.05, 4.69) is 73.9 Å². The van der Waals surface area contributed by atoms with Crippen LogP contribution in [0.25, 0.3) is 0 Å². The van der Waals surface area contributed by atoms with Crippen molar-refractivity contribution in [3.63, 3.8) is 0 Å². The molecule has 2 aromatic carbocycles. The molecule has 3 nitrogen and oxygen atoms in total. The van der Waals surface area contributed by atoms with Crippen LogP contribution in [0.5, 0.6) is 0 Å². The lowest BCUT2D eigenvalue weighted by molar-refractivity contribution is 0.0649. The van der Waals surface area contributed by atoms with Gasteiger partial charge in [-0.05, 0) is 99.1 Å². The zero-order chi connectivity index (χ0) is 22.2. The first-order valence-corrected chi connectivity index (χ1v) is 12.4. The van der Waals surface area contributed by atoms with Crippen molar-refractivity contribution in [2.45, 2.75) is 64.7 Å². The summed E-state index contributed by atoms with van der Waals surface area (Å²) in [5, 5.41) is 3.67. The fourth-order valence-corrected chi connectivity index (χ4v) is 4.94. The average molecular weight is 431 g/mol. The number of benzene rings is 2. The molecule has 170 valence electrons. The highest BCUT2D eigenvalue weighted by Gasteiger charge is 2.20. The molecule has 32 heavy (non-hydrogen) atoms. The summed E-state index contributed by atoms with van der Waals surface area (Å²) in [6, 6.07) is 15.7. The molecule has 0 amide bonds. The van der Waals surface area contributed by atoms with Crippen LogP contribution in [0, 0.1) is 19.8 Å². The number of hydrogen-bond donors (Lipinski definition) is 1. The molecular formula is C29H38N2O. The zero-order valence-electron chi connectivity index (χ0n) is 19.8. The Morgan fingerprint density at radius 1 is 1.06 bits per heavy atom. The molecule has 2 aliphatic rings. The quantitative estimate of drug-likeness (QED) is 0.489. The first kappa shape index (κ1) is 22.8. The smallest absolute Gasteiger partial charge is 0.0468 e. The van der Waals surface area contributed by atoms with E-state index in [1.54, 1.807) is 0 Å². The lowest BCUT2D eigenvalue weighted by Gasteiger charge is -2.23. The second-order valence-electron chi connectivity index (χ2n) is 9.39. The van der Waals surface area contributed by atoms with Crippen LogP contribution in [0.1, 0.15) is 66.7 Å². The Morgan fingerprint density at radius 2 is 1.91 bits per heavy atom. The van der Waals surface area contributed by atoms with E-state index in [9.17, 15) is 0 Å². The minimum Gasteiger partial charge on any atom is -0.385 e. The first-order valence-electron chi connectivity index (χ1n) is 12.4. The predicted molar refractivity (Wildman–Crippen MR) is 136 cm³/mol. The molecule has 3 heteroatoms. The third kappa shape index (κ3) is 6.10. The van der Waals surface area contributed by atoms with Gasteiger partial charge < -0.3 is 10.1 Å². The van der Waals surface area contributed by atoms with Gasteiger partial charge in [-0.1, -0.05) is 36.4 Å². The lowest BCUT2D eigenvalue weighted by atomic mass is 9.85. The fraction of sp³-hybridized carbons (Fsp3) is 0.483. The van der Waals surface area contributed by atoms with Gasteiger partial charge in [-0.15, -0.1) is 0 Å². The summed E-state index contributed by atoms with van der Waals surface area (Å²) < 4.78 is 5.49. The van der Waals surface area contributed by atoms with Crippen LogP contribution in [0.2, 0.25) is 0 Å². The standard InChI is InChI=1S/C29H38N2O/c1-22-8-6-11-27(23(22)2)28(29-12-4-3-5-16-31-29)21-25-9-7-10-26(20-25)30-17-13-24-14-18-32-19-15-24/h6-12,16,20,24,28,30H,3-5,13-15,17-19,21H2,1-2H3. The maximum atomic E-state index is 5.49. The molecule has 1 saturated heterocycles. The van der Waals surface area contributed by atoms with E-state index in [-0.39, 0.29) is 0 Å². The molecule has 0 radical (unpaired) electrons. The molecule has 0 aliphatic carbocycles. The van der Waals surface area contributed by atoms with Crippen molar-refractivity contribution in [3.05, 3.63) is 76.5 Å². The van der Waals surface area contributed by atoms with Crippen molar-refractivity contribution >= 4 is 11.9 Å². The summed E-state index contributed by atoms with van der Waals surface area (Å²) in [6.45, 7) is 7.36. The van der Waals surface area contributed by atoms with Gasteiger partial charge in [-0.2, -0.15) is 0 Å². The summed E-state index contributed by atoms with van der Waals surface area (Å²) in [5.74, 6) is 1.09. The van der Waals surface area contributed by atoms with Gasteiger partial charge in [-0.25, -0.2) is 0 Å². The Morgan fingerprint density at radius 3 is 2.78 bits per heavy atom. The molecule has 0 bridgehead atoms. The summed E-state index contributed by atoms with van der Waals surface area (Å²) in [4.78, 5) is 4.90. The molecule has 1 atom stereocenters. The number of rotatable bonds is 8. The van der Waals surface area contributed by atoms with Crippen LogP contribution in [-0.2, 0) is 11.2 Å². The van der Waals surface area contributed by atoms with Gasteiger partial charge in [0.25, 0.3) is 0 Å². The van der Waals surface area contributed by atoms with E-state index in [1.807, 2.05) is 0 Å². The monoisotopic (exact) mass is 430 g/mol. The maximum Gasteiger partial charge on any atom is 0.0468 e. The molecule has 4 rings (SSSR count). The normalized spacial score (nSPS) is 18.1. The number of allylic oxidation sites excluding steroid dienone is 2. The second-order valence-corrected chi connectivity index (χ2v) is 9.39. The largest absolute Gasteiger partial charge is 0.385 e. The van der Waals surface area contributed by atoms with Gasteiger partial charge in [0.2, 0.25) is 0 Å². The van der Waals surface area contributed by atoms with Crippen molar-refractivity contribution in [2.24, 2.45) is 10.9 Å². The van der Waals surface area contributed by atoms with Gasteiger partial charge in [0.1, 0.15) is 0 Å². The highest BCUT2D eigenvalue weighted by molar-refractivity contribution is 5.60. The molecule has 2 heterocycles. The highest BCUT2D eigenvalue weighted by Crippen LogP contribution is 2.34. The Hall–Kier alpha value is -2.39. The van der Waals surface area contributed by atoms with Gasteiger partial charge >= 0.3 is 0 Å². The van der Waals surface area contributed by atoms with Gasteiger partial charge in [0.15, 0.2) is 0 Å². The number of aryl methyl sites for hydroxylation is 1. The zero-order valence-corrected chi connectivity index (χ0v) is 19.8. The van der Waals surface area contributed by atoms with Gasteiger partial charge in [0.05, 0.1) is 0 Å². The van der Waals surface area contributed by atoms with Crippen molar-refractivity contribution in [1.82, 2.24) is 0 Å². The summed E-state index contributed by atoms with van der Waals surface area (Å²) in [7, 11) is 0. The Labute approximate surface area is 194 Å². The Bertz CT molecular complexity index is 940. The average Bonchev–Trinajstić information content (AvgIpc) is 3.10. The van der Waals surface area contributed by atoms with E-state index < -0.39 is 0 Å². The number of hydrogen-bond acceptors (Lipinski definition) is 3. The minimum absolute atomic E-state index is 0.293. The molecule has 1 N–H and O–H groups in total. The van der Waals surface area contributed by atoms with Gasteiger partial charge in [0, 0.05) is 43.3 Å². The first-order chi connectivity index (χ1) is 15.7. The molecule has 0 saturated carbocycles. The molecule has 2 aromatic rings. The lowest BCUT2D eigenvalue weighted by Crippen LogP contribution is -2.18. The number of anilines is 1. The third-order valence-corrected chi connectivity index (χ3v) is 7.10. The van der Waals surface area contributed by atoms with Crippen LogP contribution in [0.4, 0.5) is 5.69 Å². The molecule has 1 unspecified atom stereocenters. The predicted octanol–water partition coefficient (Wildman–Crippen LogP) is 7.00. The minimum atomic E-state index is 0.293. The number of nitrogens with zero attached hydrogens (tertiary/aromatic N) is 1. The second kappa shape index (κ2) is 11.5. The summed E-state index contributed by atoms with van der Waals surface area (Å²) >= 11 is 0. The molecular weight excluding hydrogens is 392 g/mol. The molecule has 0 spiro atoms. The van der Waals surface area contributed by atoms with E-state index in [0.717, 1.165) is 44.9 Å². The van der Waals surface area contributed by atoms with Crippen LogP contribution in [0.3, 0.4) is 0 Å². The van der Waals surface area contributed by atoms with E-state index >= 15 is 0 Å². The van der Waals surface area contributed by atoms with Gasteiger partial charge in [-0.3, -0.25) is 4.99 Å². The van der Waals surface area contributed by atoms with Crippen LogP contribution in [0.15, 0.2) is 59.2 Å². The fourth-order valence-electron chi connectivity index (χ4n) is 4.94. The molecule has 0 aromatic heterocycles. The van der Waals surface area contributed by atoms with E-state index in [1.165, 1.54) is 59.3 Å². The van der Waals surface area contributed by atoms with Crippen molar-refractivity contribution in [3.8, 4) is 0 Å². The van der Waals surface area contributed by atoms with E-state index in [4.69, 9.17) is 9.73 Å². The van der Waals surface area contributed by atoms with E-state index in [0.29, 0.717) is 5.92 Å². The molecule has 1 fully saturated rings. The Kier molecular flexibility index (Phi) is 8.17. The SMILES string of the molecule is Cc1cccc(C(Cc2cccc(NCCC3CCOCC3)c2)C2=CCCCC=N2)c1C.